The van der Waals surface area contributed by atoms with Crippen molar-refractivity contribution in [3.8, 4) is 11.6 Å². The topological polar surface area (TPSA) is 48.1 Å². The Morgan fingerprint density at radius 2 is 1.84 bits per heavy atom. The molecule has 1 aromatic carbocycles. The Hall–Kier alpha value is -1.87. The summed E-state index contributed by atoms with van der Waals surface area (Å²) in [6, 6.07) is 10.0. The molecule has 0 amide bonds. The van der Waals surface area contributed by atoms with Crippen LogP contribution in [0.5, 0.6) is 11.6 Å². The summed E-state index contributed by atoms with van der Waals surface area (Å²) in [5, 5.41) is 0. The summed E-state index contributed by atoms with van der Waals surface area (Å²) in [6.45, 7) is 6.78. The predicted molar refractivity (Wildman–Crippen MR) is 77.5 cm³/mol. The summed E-state index contributed by atoms with van der Waals surface area (Å²) in [7, 11) is 0. The van der Waals surface area contributed by atoms with Crippen molar-refractivity contribution in [1.82, 2.24) is 4.98 Å². The van der Waals surface area contributed by atoms with E-state index in [0.29, 0.717) is 18.3 Å². The van der Waals surface area contributed by atoms with Gasteiger partial charge in [0.25, 0.3) is 0 Å². The van der Waals surface area contributed by atoms with Gasteiger partial charge in [0.1, 0.15) is 5.75 Å². The lowest BCUT2D eigenvalue weighted by atomic mass is 10.0. The summed E-state index contributed by atoms with van der Waals surface area (Å²) in [4.78, 5) is 4.26. The van der Waals surface area contributed by atoms with Crippen LogP contribution in [-0.2, 0) is 6.54 Å². The largest absolute Gasteiger partial charge is 0.439 e. The Morgan fingerprint density at radius 1 is 1.16 bits per heavy atom. The molecule has 100 valence electrons. The van der Waals surface area contributed by atoms with E-state index < -0.39 is 0 Å². The van der Waals surface area contributed by atoms with E-state index in [2.05, 4.69) is 31.0 Å². The first kappa shape index (κ1) is 13.6. The number of benzene rings is 1. The van der Waals surface area contributed by atoms with Crippen molar-refractivity contribution >= 4 is 0 Å². The fourth-order valence-corrected chi connectivity index (χ4v) is 1.93. The minimum Gasteiger partial charge on any atom is -0.439 e. The van der Waals surface area contributed by atoms with Gasteiger partial charge in [0.15, 0.2) is 0 Å². The first-order valence-electron chi connectivity index (χ1n) is 6.54. The fraction of sp³-hybridized carbons (Fsp3) is 0.312. The Bertz CT molecular complexity index is 547. The van der Waals surface area contributed by atoms with Crippen molar-refractivity contribution in [3.63, 3.8) is 0 Å². The number of rotatable bonds is 4. The molecule has 19 heavy (non-hydrogen) atoms. The van der Waals surface area contributed by atoms with Gasteiger partial charge in [0.05, 0.1) is 0 Å². The molecule has 0 atom stereocenters. The van der Waals surface area contributed by atoms with Gasteiger partial charge in [-0.25, -0.2) is 4.98 Å². The zero-order valence-electron chi connectivity index (χ0n) is 11.7. The van der Waals surface area contributed by atoms with Crippen LogP contribution < -0.4 is 10.5 Å². The maximum Gasteiger partial charge on any atom is 0.223 e. The summed E-state index contributed by atoms with van der Waals surface area (Å²) in [5.74, 6) is 1.91. The van der Waals surface area contributed by atoms with Crippen LogP contribution in [0, 0.1) is 6.92 Å². The lowest BCUT2D eigenvalue weighted by Gasteiger charge is -2.12. The van der Waals surface area contributed by atoms with Crippen LogP contribution in [0.15, 0.2) is 36.5 Å². The first-order chi connectivity index (χ1) is 9.11. The molecule has 0 aliphatic rings. The zero-order valence-corrected chi connectivity index (χ0v) is 11.7. The van der Waals surface area contributed by atoms with Crippen molar-refractivity contribution in [2.24, 2.45) is 5.73 Å². The number of ether oxygens (including phenoxy) is 1. The van der Waals surface area contributed by atoms with E-state index in [0.717, 1.165) is 16.9 Å². The van der Waals surface area contributed by atoms with Crippen LogP contribution in [0.2, 0.25) is 0 Å². The van der Waals surface area contributed by atoms with Gasteiger partial charge < -0.3 is 10.5 Å². The number of aryl methyl sites for hydroxylation is 1. The first-order valence-corrected chi connectivity index (χ1v) is 6.54. The standard InChI is InChI=1S/C16H20N2O/c1-11(2)13-4-6-14(7-5-13)19-16-15(10-17)12(3)8-9-18-16/h4-9,11H,10,17H2,1-3H3. The smallest absolute Gasteiger partial charge is 0.223 e. The molecule has 2 rings (SSSR count). The summed E-state index contributed by atoms with van der Waals surface area (Å²) >= 11 is 0. The van der Waals surface area contributed by atoms with Crippen LogP contribution in [0.25, 0.3) is 0 Å². The molecular formula is C16H20N2O. The lowest BCUT2D eigenvalue weighted by molar-refractivity contribution is 0.455. The number of nitrogens with zero attached hydrogens (tertiary/aromatic N) is 1. The van der Waals surface area contributed by atoms with Crippen molar-refractivity contribution < 1.29 is 4.74 Å². The van der Waals surface area contributed by atoms with Crippen molar-refractivity contribution in [1.29, 1.82) is 0 Å². The van der Waals surface area contributed by atoms with E-state index in [1.165, 1.54) is 5.56 Å². The second kappa shape index (κ2) is 5.85. The highest BCUT2D eigenvalue weighted by atomic mass is 16.5. The van der Waals surface area contributed by atoms with Gasteiger partial charge >= 0.3 is 0 Å². The molecule has 1 heterocycles. The minimum atomic E-state index is 0.430. The molecule has 2 N–H and O–H groups in total. The molecule has 0 saturated heterocycles. The second-order valence-electron chi connectivity index (χ2n) is 4.94. The Morgan fingerprint density at radius 3 is 2.42 bits per heavy atom. The number of aromatic nitrogens is 1. The highest BCUT2D eigenvalue weighted by Crippen LogP contribution is 2.26. The van der Waals surface area contributed by atoms with Crippen molar-refractivity contribution in [3.05, 3.63) is 53.2 Å². The van der Waals surface area contributed by atoms with E-state index in [1.54, 1.807) is 6.20 Å². The molecule has 1 aromatic heterocycles. The molecule has 2 aromatic rings. The number of hydrogen-bond donors (Lipinski definition) is 1. The van der Waals surface area contributed by atoms with E-state index in [9.17, 15) is 0 Å². The van der Waals surface area contributed by atoms with Gasteiger partial charge in [-0.15, -0.1) is 0 Å². The third-order valence-corrected chi connectivity index (χ3v) is 3.22. The van der Waals surface area contributed by atoms with Crippen LogP contribution in [0.1, 0.15) is 36.5 Å². The van der Waals surface area contributed by atoms with Crippen LogP contribution in [0.4, 0.5) is 0 Å². The molecule has 3 nitrogen and oxygen atoms in total. The van der Waals surface area contributed by atoms with E-state index in [-0.39, 0.29) is 0 Å². The SMILES string of the molecule is Cc1ccnc(Oc2ccc(C(C)C)cc2)c1CN. The quantitative estimate of drug-likeness (QED) is 0.906. The summed E-state index contributed by atoms with van der Waals surface area (Å²) in [6.07, 6.45) is 1.74. The van der Waals surface area contributed by atoms with Gasteiger partial charge in [0.2, 0.25) is 5.88 Å². The van der Waals surface area contributed by atoms with Crippen LogP contribution >= 0.6 is 0 Å². The maximum atomic E-state index is 5.82. The molecule has 0 radical (unpaired) electrons. The molecule has 3 heteroatoms. The summed E-state index contributed by atoms with van der Waals surface area (Å²) < 4.78 is 5.82. The highest BCUT2D eigenvalue weighted by molar-refractivity contribution is 5.38. The van der Waals surface area contributed by atoms with Crippen molar-refractivity contribution in [2.75, 3.05) is 0 Å². The Labute approximate surface area is 114 Å². The average molecular weight is 256 g/mol. The molecule has 0 aliphatic carbocycles. The number of nitrogens with two attached hydrogens (primary N) is 1. The highest BCUT2D eigenvalue weighted by Gasteiger charge is 2.08. The van der Waals surface area contributed by atoms with Crippen LogP contribution in [-0.4, -0.2) is 4.98 Å². The average Bonchev–Trinajstić information content (AvgIpc) is 2.39. The van der Waals surface area contributed by atoms with Crippen LogP contribution in [0.3, 0.4) is 0 Å². The molecule has 0 unspecified atom stereocenters. The van der Waals surface area contributed by atoms with Crippen molar-refractivity contribution in [2.45, 2.75) is 33.2 Å². The monoisotopic (exact) mass is 256 g/mol. The number of pyridine rings is 1. The molecular weight excluding hydrogens is 236 g/mol. The molecule has 0 spiro atoms. The van der Waals surface area contributed by atoms with Gasteiger partial charge in [-0.2, -0.15) is 0 Å². The second-order valence-corrected chi connectivity index (χ2v) is 4.94. The lowest BCUT2D eigenvalue weighted by Crippen LogP contribution is -2.03. The third-order valence-electron chi connectivity index (χ3n) is 3.22. The maximum absolute atomic E-state index is 5.82. The van der Waals surface area contributed by atoms with E-state index >= 15 is 0 Å². The van der Waals surface area contributed by atoms with E-state index in [4.69, 9.17) is 10.5 Å². The predicted octanol–water partition coefficient (Wildman–Crippen LogP) is 3.76. The van der Waals surface area contributed by atoms with Gasteiger partial charge in [-0.1, -0.05) is 26.0 Å². The fourth-order valence-electron chi connectivity index (χ4n) is 1.93. The Kier molecular flexibility index (Phi) is 4.17. The Balaban J connectivity index is 2.24. The summed E-state index contributed by atoms with van der Waals surface area (Å²) in [5.41, 5.74) is 9.10. The number of hydrogen-bond acceptors (Lipinski definition) is 3. The van der Waals surface area contributed by atoms with Gasteiger partial charge in [-0.3, -0.25) is 0 Å². The molecule has 0 bridgehead atoms. The zero-order chi connectivity index (χ0) is 13.8. The minimum absolute atomic E-state index is 0.430. The molecule has 0 saturated carbocycles. The normalized spacial score (nSPS) is 10.8. The van der Waals surface area contributed by atoms with Gasteiger partial charge in [-0.05, 0) is 42.2 Å². The van der Waals surface area contributed by atoms with Gasteiger partial charge in [0, 0.05) is 18.3 Å². The molecule has 0 fully saturated rings. The van der Waals surface area contributed by atoms with E-state index in [1.807, 2.05) is 25.1 Å². The third kappa shape index (κ3) is 3.12. The molecule has 0 aliphatic heterocycles.